The van der Waals surface area contributed by atoms with Gasteiger partial charge >= 0.3 is 0 Å². The number of nitrogens with zero attached hydrogens (tertiary/aromatic N) is 4. The minimum absolute atomic E-state index is 0.651. The van der Waals surface area contributed by atoms with E-state index in [0.717, 1.165) is 12.8 Å². The van der Waals surface area contributed by atoms with E-state index in [1.807, 2.05) is 0 Å². The summed E-state index contributed by atoms with van der Waals surface area (Å²) in [6.45, 7) is 0.651. The molecule has 0 spiro atoms. The minimum atomic E-state index is 0.651. The largest absolute Gasteiger partial charge is 0.330 e. The van der Waals surface area contributed by atoms with Gasteiger partial charge in [-0.15, -0.1) is 20.4 Å². The van der Waals surface area contributed by atoms with Gasteiger partial charge in [-0.3, -0.25) is 0 Å². The molecule has 1 aromatic heterocycles. The first kappa shape index (κ1) is 7.01. The van der Waals surface area contributed by atoms with Gasteiger partial charge in [0.1, 0.15) is 0 Å². The number of aromatic nitrogens is 4. The van der Waals surface area contributed by atoms with E-state index in [1.165, 1.54) is 6.33 Å². The second-order valence-electron chi connectivity index (χ2n) is 1.85. The fourth-order valence-electron chi connectivity index (χ4n) is 0.588. The lowest BCUT2D eigenvalue weighted by molar-refractivity contribution is 0.710. The molecule has 0 bridgehead atoms. The third-order valence-electron chi connectivity index (χ3n) is 1.05. The van der Waals surface area contributed by atoms with Crippen LogP contribution in [-0.4, -0.2) is 26.9 Å². The molecular weight excluding hydrogens is 130 g/mol. The van der Waals surface area contributed by atoms with Crippen LogP contribution in [0.15, 0.2) is 6.33 Å². The minimum Gasteiger partial charge on any atom is -0.330 e. The van der Waals surface area contributed by atoms with E-state index < -0.39 is 0 Å². The molecule has 1 heterocycles. The van der Waals surface area contributed by atoms with Gasteiger partial charge in [0.2, 0.25) is 0 Å². The smallest absolute Gasteiger partial charge is 0.173 e. The highest BCUT2D eigenvalue weighted by Gasteiger charge is 1.93. The first-order valence-electron chi connectivity index (χ1n) is 3.13. The van der Waals surface area contributed by atoms with E-state index in [-0.39, 0.29) is 0 Å². The van der Waals surface area contributed by atoms with Crippen LogP contribution in [0.2, 0.25) is 0 Å². The van der Waals surface area contributed by atoms with Crippen LogP contribution in [0, 0.1) is 0 Å². The van der Waals surface area contributed by atoms with E-state index in [2.05, 4.69) is 20.4 Å². The monoisotopic (exact) mass is 139 g/mol. The maximum absolute atomic E-state index is 5.28. The Morgan fingerprint density at radius 3 is 2.60 bits per heavy atom. The van der Waals surface area contributed by atoms with Crippen LogP contribution < -0.4 is 5.73 Å². The molecule has 0 fully saturated rings. The lowest BCUT2D eigenvalue weighted by Crippen LogP contribution is -2.04. The number of rotatable bonds is 3. The number of hydrogen-bond donors (Lipinski definition) is 1. The summed E-state index contributed by atoms with van der Waals surface area (Å²) in [7, 11) is 0. The molecule has 0 aliphatic heterocycles. The van der Waals surface area contributed by atoms with Crippen LogP contribution in [0.3, 0.4) is 0 Å². The fraction of sp³-hybridized carbons (Fsp3) is 0.600. The molecule has 0 saturated heterocycles. The average molecular weight is 139 g/mol. The van der Waals surface area contributed by atoms with Crippen molar-refractivity contribution in [3.63, 3.8) is 0 Å². The highest BCUT2D eigenvalue weighted by Crippen LogP contribution is 1.87. The van der Waals surface area contributed by atoms with Crippen LogP contribution in [0.1, 0.15) is 12.2 Å². The van der Waals surface area contributed by atoms with Gasteiger partial charge in [-0.1, -0.05) is 0 Å². The van der Waals surface area contributed by atoms with Gasteiger partial charge in [-0.25, -0.2) is 0 Å². The Kier molecular flexibility index (Phi) is 2.69. The molecule has 0 radical (unpaired) electrons. The number of hydrogen-bond acceptors (Lipinski definition) is 5. The quantitative estimate of drug-likeness (QED) is 0.590. The highest BCUT2D eigenvalue weighted by atomic mass is 15.3. The first-order valence-corrected chi connectivity index (χ1v) is 3.13. The third-order valence-corrected chi connectivity index (χ3v) is 1.05. The third kappa shape index (κ3) is 2.02. The summed E-state index contributed by atoms with van der Waals surface area (Å²) in [6.07, 6.45) is 2.96. The lowest BCUT2D eigenvalue weighted by Gasteiger charge is -1.92. The predicted molar refractivity (Wildman–Crippen MR) is 35.0 cm³/mol. The van der Waals surface area contributed by atoms with Crippen LogP contribution in [0.25, 0.3) is 0 Å². The standard InChI is InChI=1S/C5H9N5/c6-3-1-2-5-9-7-4-8-10-5/h4H,1-3,6H2. The first-order chi connectivity index (χ1) is 4.93. The zero-order valence-electron chi connectivity index (χ0n) is 5.56. The van der Waals surface area contributed by atoms with Crippen LogP contribution in [0.5, 0.6) is 0 Å². The van der Waals surface area contributed by atoms with Crippen LogP contribution >= 0.6 is 0 Å². The highest BCUT2D eigenvalue weighted by molar-refractivity contribution is 4.75. The maximum atomic E-state index is 5.28. The summed E-state index contributed by atoms with van der Waals surface area (Å²) in [6, 6.07) is 0. The van der Waals surface area contributed by atoms with Crippen molar-refractivity contribution in [2.75, 3.05) is 6.54 Å². The predicted octanol–water partition coefficient (Wildman–Crippen LogP) is -0.842. The van der Waals surface area contributed by atoms with Crippen molar-refractivity contribution >= 4 is 0 Å². The van der Waals surface area contributed by atoms with Crippen LogP contribution in [0.4, 0.5) is 0 Å². The lowest BCUT2D eigenvalue weighted by atomic mass is 10.3. The van der Waals surface area contributed by atoms with Crippen molar-refractivity contribution in [2.45, 2.75) is 12.8 Å². The summed E-state index contributed by atoms with van der Waals surface area (Å²) in [5.74, 6) is 0.660. The average Bonchev–Trinajstić information content (AvgIpc) is 2.03. The zero-order chi connectivity index (χ0) is 7.23. The van der Waals surface area contributed by atoms with Gasteiger partial charge in [0.25, 0.3) is 0 Å². The van der Waals surface area contributed by atoms with E-state index in [9.17, 15) is 0 Å². The summed E-state index contributed by atoms with van der Waals surface area (Å²) in [5.41, 5.74) is 5.28. The van der Waals surface area contributed by atoms with E-state index >= 15 is 0 Å². The van der Waals surface area contributed by atoms with E-state index in [4.69, 9.17) is 5.73 Å². The molecule has 0 unspecified atom stereocenters. The van der Waals surface area contributed by atoms with Crippen molar-refractivity contribution < 1.29 is 0 Å². The summed E-state index contributed by atoms with van der Waals surface area (Å²) in [5, 5.41) is 14.6. The molecule has 0 aromatic carbocycles. The SMILES string of the molecule is NCCCc1nncnn1. The second kappa shape index (κ2) is 3.84. The summed E-state index contributed by atoms with van der Waals surface area (Å²) >= 11 is 0. The van der Waals surface area contributed by atoms with Crippen molar-refractivity contribution in [1.82, 2.24) is 20.4 Å². The molecule has 0 atom stereocenters. The Labute approximate surface area is 58.7 Å². The van der Waals surface area contributed by atoms with Gasteiger partial charge < -0.3 is 5.73 Å². The zero-order valence-corrected chi connectivity index (χ0v) is 5.56. The Morgan fingerprint density at radius 1 is 1.30 bits per heavy atom. The number of nitrogens with two attached hydrogens (primary N) is 1. The number of aryl methyl sites for hydroxylation is 1. The molecule has 5 nitrogen and oxygen atoms in total. The van der Waals surface area contributed by atoms with E-state index in [1.54, 1.807) is 0 Å². The van der Waals surface area contributed by atoms with Gasteiger partial charge in [0.15, 0.2) is 12.2 Å². The molecule has 10 heavy (non-hydrogen) atoms. The normalized spacial score (nSPS) is 9.70. The van der Waals surface area contributed by atoms with Crippen molar-refractivity contribution in [1.29, 1.82) is 0 Å². The van der Waals surface area contributed by atoms with Crippen molar-refractivity contribution in [3.8, 4) is 0 Å². The van der Waals surface area contributed by atoms with Gasteiger partial charge in [0.05, 0.1) is 0 Å². The Morgan fingerprint density at radius 2 is 2.00 bits per heavy atom. The molecule has 0 aliphatic rings. The molecule has 54 valence electrons. The van der Waals surface area contributed by atoms with Gasteiger partial charge in [-0.05, 0) is 13.0 Å². The molecule has 1 aromatic rings. The summed E-state index contributed by atoms with van der Waals surface area (Å²) < 4.78 is 0. The summed E-state index contributed by atoms with van der Waals surface area (Å²) in [4.78, 5) is 0. The van der Waals surface area contributed by atoms with Gasteiger partial charge in [-0.2, -0.15) is 0 Å². The molecule has 0 amide bonds. The van der Waals surface area contributed by atoms with E-state index in [0.29, 0.717) is 12.4 Å². The molecule has 0 aliphatic carbocycles. The molecular formula is C5H9N5. The Hall–Kier alpha value is -1.10. The Bertz CT molecular complexity index is 175. The maximum Gasteiger partial charge on any atom is 0.173 e. The fourth-order valence-corrected chi connectivity index (χ4v) is 0.588. The van der Waals surface area contributed by atoms with Crippen molar-refractivity contribution in [2.24, 2.45) is 5.73 Å². The van der Waals surface area contributed by atoms with Crippen molar-refractivity contribution in [3.05, 3.63) is 12.2 Å². The molecule has 5 heteroatoms. The van der Waals surface area contributed by atoms with Gasteiger partial charge in [0, 0.05) is 6.42 Å². The Balaban J connectivity index is 2.43. The molecule has 1 rings (SSSR count). The second-order valence-corrected chi connectivity index (χ2v) is 1.85. The molecule has 2 N–H and O–H groups in total. The van der Waals surface area contributed by atoms with Crippen LogP contribution in [-0.2, 0) is 6.42 Å². The molecule has 0 saturated carbocycles. The topological polar surface area (TPSA) is 77.6 Å².